The van der Waals surface area contributed by atoms with Crippen LogP contribution in [0.1, 0.15) is 53.4 Å². The maximum atomic E-state index is 11.7. The summed E-state index contributed by atoms with van der Waals surface area (Å²) >= 11 is 0.392. The predicted molar refractivity (Wildman–Crippen MR) is 179 cm³/mol. The van der Waals surface area contributed by atoms with Gasteiger partial charge in [0.15, 0.2) is 5.78 Å². The number of rotatable bonds is 7. The summed E-state index contributed by atoms with van der Waals surface area (Å²) in [4.78, 5) is 16.7. The van der Waals surface area contributed by atoms with Crippen molar-refractivity contribution >= 4 is 68.8 Å². The maximum Gasteiger partial charge on any atom is 0 e. The summed E-state index contributed by atoms with van der Waals surface area (Å²) < 4.78 is 3.02. The van der Waals surface area contributed by atoms with Crippen LogP contribution in [0.4, 0.5) is 0 Å². The van der Waals surface area contributed by atoms with Gasteiger partial charge in [-0.3, -0.25) is 4.79 Å². The quantitative estimate of drug-likeness (QED) is 0.0783. The first-order chi connectivity index (χ1) is 19.8. The van der Waals surface area contributed by atoms with Gasteiger partial charge in [0.1, 0.15) is 0 Å². The molecule has 0 saturated heterocycles. The number of hydrogen-bond donors (Lipinski definition) is 1. The molecule has 1 N–H and O–H groups in total. The predicted octanol–water partition coefficient (Wildman–Crippen LogP) is 8.07. The average molecular weight is 818 g/mol. The first-order valence-corrected chi connectivity index (χ1v) is 19.7. The van der Waals surface area contributed by atoms with E-state index in [-0.39, 0.29) is 43.5 Å². The second-order valence-electron chi connectivity index (χ2n) is 11.6. The standard InChI is InChI=1S/C23H16NSeSi.C13H24O2.Ir/c1-26(2)19-12-6-11-18-21(19)20-16(9-5-10-17(20)25-18)22-23(26)15-8-4-3-7-14(15)13-24-22;1-5-10(6-2)12(14)9-13(15)11(7-3)8-4;/h3-8,10-13H,1-2H3;9-11,14H,5-8H2,1-4H3;/q-1;;/b;12-9-;. The summed E-state index contributed by atoms with van der Waals surface area (Å²) in [6, 6.07) is 23.6. The number of fused-ring (bicyclic) bond motifs is 4. The van der Waals surface area contributed by atoms with E-state index in [1.807, 2.05) is 33.9 Å². The molecule has 0 bridgehead atoms. The Morgan fingerprint density at radius 1 is 0.929 bits per heavy atom. The van der Waals surface area contributed by atoms with Gasteiger partial charge in [0.25, 0.3) is 0 Å². The zero-order valence-electron chi connectivity index (χ0n) is 25.4. The molecule has 0 atom stereocenters. The van der Waals surface area contributed by atoms with Crippen molar-refractivity contribution in [3.63, 3.8) is 0 Å². The normalized spacial score (nSPS) is 13.7. The molecule has 6 rings (SSSR count). The Hall–Kier alpha value is -2.33. The fourth-order valence-electron chi connectivity index (χ4n) is 6.41. The second-order valence-corrected chi connectivity index (χ2v) is 18.1. The van der Waals surface area contributed by atoms with Crippen LogP contribution in [-0.4, -0.2) is 38.5 Å². The van der Waals surface area contributed by atoms with Gasteiger partial charge >= 0.3 is 159 Å². The molecule has 3 heterocycles. The van der Waals surface area contributed by atoms with Crippen LogP contribution in [0, 0.1) is 17.9 Å². The van der Waals surface area contributed by atoms with Gasteiger partial charge in [-0.15, -0.1) is 0 Å². The van der Waals surface area contributed by atoms with E-state index in [1.54, 1.807) is 5.19 Å². The van der Waals surface area contributed by atoms with Crippen molar-refractivity contribution in [3.05, 3.63) is 78.7 Å². The van der Waals surface area contributed by atoms with Crippen LogP contribution >= 0.6 is 0 Å². The molecular weight excluding hydrogens is 778 g/mol. The van der Waals surface area contributed by atoms with Gasteiger partial charge in [-0.1, -0.05) is 27.7 Å². The van der Waals surface area contributed by atoms with Crippen LogP contribution in [0.25, 0.3) is 41.3 Å². The molecule has 0 fully saturated rings. The van der Waals surface area contributed by atoms with Gasteiger partial charge in [-0.05, 0) is 25.7 Å². The summed E-state index contributed by atoms with van der Waals surface area (Å²) in [6.07, 6.45) is 6.95. The zero-order chi connectivity index (χ0) is 29.3. The Bertz CT molecular complexity index is 1770. The Morgan fingerprint density at radius 3 is 2.29 bits per heavy atom. The van der Waals surface area contributed by atoms with E-state index in [9.17, 15) is 9.90 Å². The Labute approximate surface area is 270 Å². The SMILES string of the molecule is CCC(CC)C(=O)/C=C(\O)C(CC)CC.C[Si]1(C)c2c(ncc3ccccc23)-c2[c-]ccc3[se]c4cccc1c4c23.[Ir]. The number of hydrogen-bond acceptors (Lipinski definition) is 3. The van der Waals surface area contributed by atoms with Crippen LogP contribution in [0.15, 0.2) is 72.6 Å². The number of aliphatic hydroxyl groups is 1. The van der Waals surface area contributed by atoms with Gasteiger partial charge in [0.2, 0.25) is 0 Å². The minimum atomic E-state index is -1.91. The van der Waals surface area contributed by atoms with Crippen molar-refractivity contribution < 1.29 is 30.0 Å². The van der Waals surface area contributed by atoms with Crippen LogP contribution in [0.2, 0.25) is 13.1 Å². The molecule has 2 aromatic heterocycles. The number of aromatic nitrogens is 1. The summed E-state index contributed by atoms with van der Waals surface area (Å²) in [5.74, 6) is 0.547. The van der Waals surface area contributed by atoms with Crippen LogP contribution in [-0.2, 0) is 24.9 Å². The third-order valence-corrected chi connectivity index (χ3v) is 14.7. The van der Waals surface area contributed by atoms with E-state index in [2.05, 4.69) is 73.8 Å². The molecular formula is C36H40IrNO2SeSi-. The van der Waals surface area contributed by atoms with Gasteiger partial charge in [0.05, 0.1) is 5.76 Å². The van der Waals surface area contributed by atoms with Crippen LogP contribution in [0.5, 0.6) is 0 Å². The third kappa shape index (κ3) is 5.77. The van der Waals surface area contributed by atoms with Crippen molar-refractivity contribution in [1.29, 1.82) is 0 Å². The van der Waals surface area contributed by atoms with Crippen molar-refractivity contribution in [3.8, 4) is 11.3 Å². The van der Waals surface area contributed by atoms with Gasteiger partial charge in [-0.2, -0.15) is 0 Å². The summed E-state index contributed by atoms with van der Waals surface area (Å²) in [5, 5.41) is 18.3. The van der Waals surface area contributed by atoms with Crippen molar-refractivity contribution in [1.82, 2.24) is 4.98 Å². The summed E-state index contributed by atoms with van der Waals surface area (Å²) in [6.45, 7) is 13.1. The van der Waals surface area contributed by atoms with E-state index < -0.39 is 8.07 Å². The van der Waals surface area contributed by atoms with E-state index in [4.69, 9.17) is 4.98 Å². The van der Waals surface area contributed by atoms with Crippen molar-refractivity contribution in [2.24, 2.45) is 11.8 Å². The Kier molecular flexibility index (Phi) is 10.5. The van der Waals surface area contributed by atoms with Crippen LogP contribution < -0.4 is 10.4 Å². The van der Waals surface area contributed by atoms with Gasteiger partial charge in [0, 0.05) is 38.0 Å². The molecule has 0 saturated carbocycles. The molecule has 1 aliphatic rings. The first-order valence-electron chi connectivity index (χ1n) is 15.0. The number of benzene rings is 3. The molecule has 3 aromatic carbocycles. The number of nitrogens with zero attached hydrogens (tertiary/aromatic N) is 1. The maximum absolute atomic E-state index is 11.7. The second kappa shape index (κ2) is 13.5. The molecule has 6 heteroatoms. The number of allylic oxidation sites excluding steroid dienone is 2. The molecule has 221 valence electrons. The van der Waals surface area contributed by atoms with E-state index in [0.717, 1.165) is 31.4 Å². The van der Waals surface area contributed by atoms with Crippen molar-refractivity contribution in [2.75, 3.05) is 0 Å². The Balaban J connectivity index is 0.000000221. The summed E-state index contributed by atoms with van der Waals surface area (Å²) in [5.41, 5.74) is 2.38. The molecule has 0 amide bonds. The smallest absolute Gasteiger partial charge is 0 e. The number of aliphatic hydroxyl groups excluding tert-OH is 1. The fourth-order valence-corrected chi connectivity index (χ4v) is 12.4. The first kappa shape index (κ1) is 32.6. The number of carbonyl (C=O) groups is 1. The number of pyridine rings is 1. The minimum Gasteiger partial charge on any atom is 0 e. The molecule has 3 nitrogen and oxygen atoms in total. The number of ketones is 1. The van der Waals surface area contributed by atoms with Gasteiger partial charge < -0.3 is 5.11 Å². The molecule has 0 unspecified atom stereocenters. The molecule has 0 spiro atoms. The topological polar surface area (TPSA) is 50.2 Å². The van der Waals surface area contributed by atoms with E-state index in [0.29, 0.717) is 14.5 Å². The average Bonchev–Trinajstić information content (AvgIpc) is 3.33. The monoisotopic (exact) mass is 819 g/mol. The van der Waals surface area contributed by atoms with Crippen molar-refractivity contribution in [2.45, 2.75) is 66.5 Å². The van der Waals surface area contributed by atoms with Gasteiger partial charge in [-0.25, -0.2) is 0 Å². The van der Waals surface area contributed by atoms with Crippen LogP contribution in [0.3, 0.4) is 0 Å². The number of carbonyl (C=O) groups excluding carboxylic acids is 1. The largest absolute Gasteiger partial charge is 0 e. The fraction of sp³-hybridized carbons (Fsp3) is 0.333. The minimum absolute atomic E-state index is 0. The molecule has 1 aliphatic heterocycles. The molecule has 5 aromatic rings. The van der Waals surface area contributed by atoms with E-state index in [1.165, 1.54) is 46.9 Å². The summed E-state index contributed by atoms with van der Waals surface area (Å²) in [7, 11) is -1.91. The molecule has 42 heavy (non-hydrogen) atoms. The third-order valence-electron chi connectivity index (χ3n) is 8.87. The van der Waals surface area contributed by atoms with E-state index >= 15 is 0 Å². The molecule has 1 radical (unpaired) electrons. The Morgan fingerprint density at radius 2 is 1.60 bits per heavy atom. The molecule has 0 aliphatic carbocycles. The zero-order valence-corrected chi connectivity index (χ0v) is 30.5.